The number of aromatic nitrogens is 2. The van der Waals surface area contributed by atoms with Gasteiger partial charge in [-0.3, -0.25) is 9.69 Å². The molecule has 6 nitrogen and oxygen atoms in total. The third kappa shape index (κ3) is 5.50. The van der Waals surface area contributed by atoms with Crippen LogP contribution in [0.15, 0.2) is 85.3 Å². The largest absolute Gasteiger partial charge is 0.322 e. The summed E-state index contributed by atoms with van der Waals surface area (Å²) < 4.78 is 2.00. The van der Waals surface area contributed by atoms with Crippen LogP contribution < -0.4 is 10.6 Å². The molecule has 1 aliphatic rings. The Morgan fingerprint density at radius 2 is 1.86 bits per heavy atom. The van der Waals surface area contributed by atoms with Gasteiger partial charge in [0.25, 0.3) is 5.91 Å². The van der Waals surface area contributed by atoms with Gasteiger partial charge in [-0.2, -0.15) is 0 Å². The summed E-state index contributed by atoms with van der Waals surface area (Å²) in [4.78, 5) is 20.1. The number of imidazole rings is 1. The van der Waals surface area contributed by atoms with Crippen LogP contribution in [0, 0.1) is 6.92 Å². The van der Waals surface area contributed by atoms with Crippen LogP contribution >= 0.6 is 0 Å². The molecular formula is C29H31N5O. The van der Waals surface area contributed by atoms with Gasteiger partial charge in [0.2, 0.25) is 0 Å². The molecule has 0 radical (unpaired) electrons. The molecule has 0 spiro atoms. The fourth-order valence-electron chi connectivity index (χ4n) is 4.69. The van der Waals surface area contributed by atoms with E-state index in [0.29, 0.717) is 11.6 Å². The van der Waals surface area contributed by atoms with Gasteiger partial charge in [-0.1, -0.05) is 42.5 Å². The van der Waals surface area contributed by atoms with Crippen molar-refractivity contribution in [3.63, 3.8) is 0 Å². The first-order valence-corrected chi connectivity index (χ1v) is 12.1. The summed E-state index contributed by atoms with van der Waals surface area (Å²) in [5, 5.41) is 6.52. The summed E-state index contributed by atoms with van der Waals surface area (Å²) in [6.45, 7) is 4.91. The lowest BCUT2D eigenvalue weighted by atomic mass is 10.0. The summed E-state index contributed by atoms with van der Waals surface area (Å²) in [7, 11) is 2.02. The van der Waals surface area contributed by atoms with Crippen molar-refractivity contribution < 1.29 is 4.79 Å². The van der Waals surface area contributed by atoms with Crippen LogP contribution in [0.4, 0.5) is 5.69 Å². The first kappa shape index (κ1) is 23.0. The van der Waals surface area contributed by atoms with Gasteiger partial charge in [0.1, 0.15) is 0 Å². The Hall–Kier alpha value is -3.74. The van der Waals surface area contributed by atoms with Gasteiger partial charge < -0.3 is 15.2 Å². The number of nitrogens with zero attached hydrogens (tertiary/aromatic N) is 3. The van der Waals surface area contributed by atoms with Gasteiger partial charge in [-0.15, -0.1) is 0 Å². The Morgan fingerprint density at radius 1 is 1.03 bits per heavy atom. The second-order valence-corrected chi connectivity index (χ2v) is 9.22. The normalized spacial score (nSPS) is 15.9. The Bertz CT molecular complexity index is 1310. The topological polar surface area (TPSA) is 62.2 Å². The number of carbonyl (C=O) groups excluding carboxylic acids is 1. The highest BCUT2D eigenvalue weighted by atomic mass is 16.1. The molecule has 178 valence electrons. The van der Waals surface area contributed by atoms with Crippen molar-refractivity contribution >= 4 is 11.6 Å². The van der Waals surface area contributed by atoms with E-state index in [0.717, 1.165) is 54.3 Å². The van der Waals surface area contributed by atoms with Crippen LogP contribution in [-0.2, 0) is 6.54 Å². The summed E-state index contributed by atoms with van der Waals surface area (Å²) in [6, 6.07) is 24.7. The molecule has 1 atom stereocenters. The molecule has 1 amide bonds. The van der Waals surface area contributed by atoms with Gasteiger partial charge in [0, 0.05) is 48.8 Å². The number of amides is 1. The Labute approximate surface area is 206 Å². The van der Waals surface area contributed by atoms with Gasteiger partial charge >= 0.3 is 0 Å². The van der Waals surface area contributed by atoms with Crippen molar-refractivity contribution in [3.8, 4) is 16.8 Å². The first-order chi connectivity index (χ1) is 17.1. The molecular weight excluding hydrogens is 434 g/mol. The van der Waals surface area contributed by atoms with Crippen LogP contribution in [0.1, 0.15) is 28.0 Å². The zero-order chi connectivity index (χ0) is 24.2. The molecule has 35 heavy (non-hydrogen) atoms. The average molecular weight is 466 g/mol. The number of hydrogen-bond acceptors (Lipinski definition) is 4. The zero-order valence-electron chi connectivity index (χ0n) is 20.2. The van der Waals surface area contributed by atoms with E-state index >= 15 is 0 Å². The number of rotatable bonds is 7. The van der Waals surface area contributed by atoms with Gasteiger partial charge in [-0.25, -0.2) is 4.98 Å². The number of hydrogen-bond donors (Lipinski definition) is 2. The van der Waals surface area contributed by atoms with Crippen LogP contribution in [0.2, 0.25) is 0 Å². The third-order valence-electron chi connectivity index (χ3n) is 6.56. The molecule has 2 N–H and O–H groups in total. The Morgan fingerprint density at radius 3 is 2.60 bits per heavy atom. The van der Waals surface area contributed by atoms with Crippen molar-refractivity contribution in [1.29, 1.82) is 0 Å². The quantitative estimate of drug-likeness (QED) is 0.408. The van der Waals surface area contributed by atoms with Crippen LogP contribution in [0.25, 0.3) is 16.8 Å². The van der Waals surface area contributed by atoms with Gasteiger partial charge in [0.05, 0.1) is 12.0 Å². The second-order valence-electron chi connectivity index (χ2n) is 9.22. The van der Waals surface area contributed by atoms with Gasteiger partial charge in [0.15, 0.2) is 0 Å². The number of nitrogens with one attached hydrogen (secondary N) is 2. The van der Waals surface area contributed by atoms with Crippen molar-refractivity contribution in [3.05, 3.63) is 102 Å². The van der Waals surface area contributed by atoms with Crippen LogP contribution in [0.5, 0.6) is 0 Å². The second kappa shape index (κ2) is 10.3. The lowest BCUT2D eigenvalue weighted by molar-refractivity contribution is 0.102. The van der Waals surface area contributed by atoms with E-state index in [1.807, 2.05) is 79.6 Å². The number of anilines is 1. The molecule has 0 unspecified atom stereocenters. The number of benzene rings is 3. The van der Waals surface area contributed by atoms with Crippen molar-refractivity contribution in [1.82, 2.24) is 19.8 Å². The highest BCUT2D eigenvalue weighted by Crippen LogP contribution is 2.24. The van der Waals surface area contributed by atoms with Gasteiger partial charge in [-0.05, 0) is 67.4 Å². The fraction of sp³-hybridized carbons (Fsp3) is 0.241. The molecule has 1 aliphatic heterocycles. The number of aryl methyl sites for hydroxylation is 1. The maximum Gasteiger partial charge on any atom is 0.255 e. The van der Waals surface area contributed by atoms with Crippen LogP contribution in [-0.4, -0.2) is 46.5 Å². The zero-order valence-corrected chi connectivity index (χ0v) is 20.2. The van der Waals surface area contributed by atoms with E-state index in [4.69, 9.17) is 0 Å². The van der Waals surface area contributed by atoms with E-state index < -0.39 is 0 Å². The summed E-state index contributed by atoms with van der Waals surface area (Å²) >= 11 is 0. The van der Waals surface area contributed by atoms with Crippen LogP contribution in [0.3, 0.4) is 0 Å². The third-order valence-corrected chi connectivity index (χ3v) is 6.56. The maximum absolute atomic E-state index is 13.2. The Balaban J connectivity index is 1.41. The molecule has 4 aromatic rings. The molecule has 1 saturated heterocycles. The first-order valence-electron chi connectivity index (χ1n) is 12.1. The summed E-state index contributed by atoms with van der Waals surface area (Å²) in [6.07, 6.45) is 4.97. The Kier molecular flexibility index (Phi) is 6.75. The minimum atomic E-state index is -0.121. The van der Waals surface area contributed by atoms with E-state index in [-0.39, 0.29) is 5.91 Å². The predicted octanol–water partition coefficient (Wildman–Crippen LogP) is 4.89. The minimum absolute atomic E-state index is 0.121. The standard InChI is InChI=1S/C29H31N5O/c1-21-17-34(20-31-21)28-14-22(18-33-12-11-26(19-33)30-2)13-27(16-28)32-29(35)25-10-6-9-24(15-25)23-7-4-3-5-8-23/h3-10,13-17,20,26,30H,11-12,18-19H2,1-2H3,(H,32,35)/t26-/m0/s1. The highest BCUT2D eigenvalue weighted by molar-refractivity contribution is 6.05. The molecule has 6 heteroatoms. The fourth-order valence-corrected chi connectivity index (χ4v) is 4.69. The maximum atomic E-state index is 13.2. The average Bonchev–Trinajstić information content (AvgIpc) is 3.53. The molecule has 0 aliphatic carbocycles. The summed E-state index contributed by atoms with van der Waals surface area (Å²) in [5.74, 6) is -0.121. The smallest absolute Gasteiger partial charge is 0.255 e. The molecule has 3 aromatic carbocycles. The molecule has 2 heterocycles. The van der Waals surface area contributed by atoms with E-state index in [9.17, 15) is 4.79 Å². The molecule has 5 rings (SSSR count). The number of likely N-dealkylation sites (N-methyl/N-ethyl adjacent to an activating group) is 1. The lowest BCUT2D eigenvalue weighted by Crippen LogP contribution is -2.29. The highest BCUT2D eigenvalue weighted by Gasteiger charge is 2.21. The van der Waals surface area contributed by atoms with Crippen molar-refractivity contribution in [2.45, 2.75) is 25.9 Å². The van der Waals surface area contributed by atoms with E-state index in [1.54, 1.807) is 0 Å². The number of likely N-dealkylation sites (tertiary alicyclic amines) is 1. The minimum Gasteiger partial charge on any atom is -0.322 e. The SMILES string of the molecule is CN[C@H]1CCN(Cc2cc(NC(=O)c3cccc(-c4ccccc4)c3)cc(-n3cnc(C)c3)c2)C1. The van der Waals surface area contributed by atoms with Crippen molar-refractivity contribution in [2.75, 3.05) is 25.5 Å². The lowest BCUT2D eigenvalue weighted by Gasteiger charge is -2.18. The summed E-state index contributed by atoms with van der Waals surface area (Å²) in [5.41, 5.74) is 6.63. The predicted molar refractivity (Wildman–Crippen MR) is 141 cm³/mol. The monoisotopic (exact) mass is 465 g/mol. The van der Waals surface area contributed by atoms with E-state index in [2.05, 4.69) is 44.8 Å². The van der Waals surface area contributed by atoms with E-state index in [1.165, 1.54) is 5.56 Å². The molecule has 1 aromatic heterocycles. The van der Waals surface area contributed by atoms with Crippen molar-refractivity contribution in [2.24, 2.45) is 0 Å². The molecule has 0 bridgehead atoms. The molecule has 0 saturated carbocycles. The number of carbonyl (C=O) groups is 1. The molecule has 1 fully saturated rings.